The summed E-state index contributed by atoms with van der Waals surface area (Å²) in [5, 5.41) is 11.6. The monoisotopic (exact) mass is 459 g/mol. The molecule has 1 aliphatic rings. The minimum atomic E-state index is -2.87. The van der Waals surface area contributed by atoms with Gasteiger partial charge in [0.05, 0.1) is 0 Å². The fourth-order valence-electron chi connectivity index (χ4n) is 3.77. The van der Waals surface area contributed by atoms with Gasteiger partial charge in [0, 0.05) is 12.4 Å². The Morgan fingerprint density at radius 2 is 1.81 bits per heavy atom. The number of pyridine rings is 1. The quantitative estimate of drug-likeness (QED) is 0.461. The van der Waals surface area contributed by atoms with E-state index in [1.54, 1.807) is 48.8 Å². The summed E-state index contributed by atoms with van der Waals surface area (Å²) in [6, 6.07) is 17.1. The minimum Gasteiger partial charge on any atom is -0.435 e. The number of thioether (sulfide) groups is 2. The zero-order chi connectivity index (χ0) is 21.8. The Morgan fingerprint density at radius 3 is 2.48 bits per heavy atom. The lowest BCUT2D eigenvalue weighted by Gasteiger charge is -2.40. The number of alkyl halides is 2. The van der Waals surface area contributed by atoms with E-state index < -0.39 is 16.8 Å². The lowest BCUT2D eigenvalue weighted by Crippen LogP contribution is -2.30. The summed E-state index contributed by atoms with van der Waals surface area (Å²) in [6.07, 6.45) is 3.84. The lowest BCUT2D eigenvalue weighted by molar-refractivity contribution is -0.0503. The van der Waals surface area contributed by atoms with Crippen molar-refractivity contribution in [3.8, 4) is 16.9 Å². The third kappa shape index (κ3) is 4.73. The average molecular weight is 460 g/mol. The predicted molar refractivity (Wildman–Crippen MR) is 124 cm³/mol. The van der Waals surface area contributed by atoms with Gasteiger partial charge in [-0.1, -0.05) is 30.3 Å². The highest BCUT2D eigenvalue weighted by atomic mass is 32.2. The van der Waals surface area contributed by atoms with Crippen LogP contribution >= 0.6 is 23.5 Å². The van der Waals surface area contributed by atoms with Crippen molar-refractivity contribution in [3.63, 3.8) is 0 Å². The number of aliphatic hydroxyl groups excluding tert-OH is 1. The lowest BCUT2D eigenvalue weighted by atomic mass is 9.96. The Balaban J connectivity index is 1.73. The molecule has 31 heavy (non-hydrogen) atoms. The smallest absolute Gasteiger partial charge is 0.387 e. The van der Waals surface area contributed by atoms with Gasteiger partial charge in [0.25, 0.3) is 0 Å². The van der Waals surface area contributed by atoms with E-state index in [4.69, 9.17) is 0 Å². The highest BCUT2D eigenvalue weighted by Crippen LogP contribution is 2.58. The van der Waals surface area contributed by atoms with E-state index in [0.717, 1.165) is 34.6 Å². The average Bonchev–Trinajstić information content (AvgIpc) is 2.81. The Bertz CT molecular complexity index is 1030. The summed E-state index contributed by atoms with van der Waals surface area (Å²) in [5.74, 6) is 2.00. The fourth-order valence-corrected chi connectivity index (χ4v) is 7.14. The summed E-state index contributed by atoms with van der Waals surface area (Å²) in [4.78, 5) is 4.22. The van der Waals surface area contributed by atoms with Gasteiger partial charge in [-0.3, -0.25) is 4.98 Å². The van der Waals surface area contributed by atoms with Crippen molar-refractivity contribution < 1.29 is 18.6 Å². The van der Waals surface area contributed by atoms with Crippen LogP contribution in [0.3, 0.4) is 0 Å². The zero-order valence-electron chi connectivity index (χ0n) is 17.0. The molecule has 0 radical (unpaired) electrons. The number of hydrogen-bond donors (Lipinski definition) is 1. The minimum absolute atomic E-state index is 0.127. The van der Waals surface area contributed by atoms with Gasteiger partial charge in [0.15, 0.2) is 0 Å². The second-order valence-electron chi connectivity index (χ2n) is 7.35. The first-order chi connectivity index (χ1) is 15.0. The van der Waals surface area contributed by atoms with Crippen LogP contribution in [0.4, 0.5) is 8.78 Å². The molecule has 0 spiro atoms. The molecule has 3 nitrogen and oxygen atoms in total. The first kappa shape index (κ1) is 22.1. The number of aliphatic hydroxyl groups is 1. The topological polar surface area (TPSA) is 42.4 Å². The van der Waals surface area contributed by atoms with Gasteiger partial charge in [0.2, 0.25) is 0 Å². The van der Waals surface area contributed by atoms with Gasteiger partial charge in [-0.15, -0.1) is 23.5 Å². The van der Waals surface area contributed by atoms with Crippen molar-refractivity contribution in [2.45, 2.75) is 30.1 Å². The third-order valence-corrected chi connectivity index (χ3v) is 8.74. The maximum atomic E-state index is 12.6. The predicted octanol–water partition coefficient (Wildman–Crippen LogP) is 6.41. The van der Waals surface area contributed by atoms with Crippen molar-refractivity contribution in [2.24, 2.45) is 0 Å². The number of ether oxygens (including phenoxy) is 1. The van der Waals surface area contributed by atoms with Crippen LogP contribution in [0.2, 0.25) is 0 Å². The third-order valence-electron chi connectivity index (χ3n) is 5.27. The normalized spacial score (nSPS) is 16.8. The standard InChI is InChI=1S/C24H23F2NO2S2/c1-16-13-18(8-9-21(16)29-23(25)26)22(28)24(30-11-4-12-31-24)20-7-2-5-17(14-20)19-6-3-10-27-15-19/h2-3,5-10,13-15,22-23,28H,4,11-12H2,1H3. The molecule has 0 bridgehead atoms. The molecule has 2 aromatic carbocycles. The maximum Gasteiger partial charge on any atom is 0.387 e. The molecule has 0 amide bonds. The van der Waals surface area contributed by atoms with E-state index in [0.29, 0.717) is 11.1 Å². The Labute approximate surface area is 189 Å². The molecule has 3 aromatic rings. The van der Waals surface area contributed by atoms with Crippen LogP contribution in [-0.4, -0.2) is 28.2 Å². The molecule has 1 N–H and O–H groups in total. The second kappa shape index (κ2) is 9.59. The van der Waals surface area contributed by atoms with E-state index in [1.807, 2.05) is 30.5 Å². The van der Waals surface area contributed by atoms with Crippen LogP contribution in [0.1, 0.15) is 29.2 Å². The van der Waals surface area contributed by atoms with Crippen LogP contribution in [0.15, 0.2) is 67.0 Å². The van der Waals surface area contributed by atoms with E-state index in [2.05, 4.69) is 21.9 Å². The number of aryl methyl sites for hydroxylation is 1. The van der Waals surface area contributed by atoms with Crippen LogP contribution in [-0.2, 0) is 4.08 Å². The number of aromatic nitrogens is 1. The van der Waals surface area contributed by atoms with E-state index in [-0.39, 0.29) is 5.75 Å². The second-order valence-corrected chi connectivity index (χ2v) is 10.3. The molecule has 1 aliphatic heterocycles. The van der Waals surface area contributed by atoms with Crippen molar-refractivity contribution in [2.75, 3.05) is 11.5 Å². The van der Waals surface area contributed by atoms with Gasteiger partial charge >= 0.3 is 6.61 Å². The number of rotatable bonds is 6. The summed E-state index contributed by atoms with van der Waals surface area (Å²) < 4.78 is 29.2. The Morgan fingerprint density at radius 1 is 1.03 bits per heavy atom. The Hall–Kier alpha value is -2.09. The summed E-state index contributed by atoms with van der Waals surface area (Å²) >= 11 is 3.47. The van der Waals surface area contributed by atoms with Crippen molar-refractivity contribution in [3.05, 3.63) is 83.7 Å². The molecule has 1 fully saturated rings. The molecule has 0 saturated carbocycles. The molecule has 2 heterocycles. The van der Waals surface area contributed by atoms with Gasteiger partial charge in [-0.05, 0) is 76.9 Å². The van der Waals surface area contributed by atoms with Crippen LogP contribution in [0.25, 0.3) is 11.1 Å². The zero-order valence-corrected chi connectivity index (χ0v) is 18.6. The first-order valence-corrected chi connectivity index (χ1v) is 12.0. The van der Waals surface area contributed by atoms with E-state index in [1.165, 1.54) is 6.07 Å². The van der Waals surface area contributed by atoms with Crippen molar-refractivity contribution in [1.29, 1.82) is 0 Å². The molecule has 1 atom stereocenters. The van der Waals surface area contributed by atoms with Gasteiger partial charge in [0.1, 0.15) is 15.9 Å². The highest BCUT2D eigenvalue weighted by Gasteiger charge is 2.43. The summed E-state index contributed by atoms with van der Waals surface area (Å²) in [5.41, 5.74) is 4.35. The maximum absolute atomic E-state index is 12.6. The van der Waals surface area contributed by atoms with E-state index in [9.17, 15) is 13.9 Å². The van der Waals surface area contributed by atoms with Crippen molar-refractivity contribution in [1.82, 2.24) is 4.98 Å². The Kier molecular flexibility index (Phi) is 6.84. The van der Waals surface area contributed by atoms with Crippen LogP contribution < -0.4 is 4.74 Å². The van der Waals surface area contributed by atoms with Gasteiger partial charge in [-0.2, -0.15) is 8.78 Å². The molecular formula is C24H23F2NO2S2. The number of nitrogens with zero attached hydrogens (tertiary/aromatic N) is 1. The highest BCUT2D eigenvalue weighted by molar-refractivity contribution is 8.18. The summed E-state index contributed by atoms with van der Waals surface area (Å²) in [6.45, 7) is -1.16. The first-order valence-electron chi connectivity index (χ1n) is 10.0. The summed E-state index contributed by atoms with van der Waals surface area (Å²) in [7, 11) is 0. The largest absolute Gasteiger partial charge is 0.435 e. The molecule has 0 aliphatic carbocycles. The number of benzene rings is 2. The molecule has 1 unspecified atom stereocenters. The van der Waals surface area contributed by atoms with Crippen molar-refractivity contribution >= 4 is 23.5 Å². The molecule has 162 valence electrons. The van der Waals surface area contributed by atoms with Gasteiger partial charge < -0.3 is 9.84 Å². The number of hydrogen-bond acceptors (Lipinski definition) is 5. The molecule has 1 saturated heterocycles. The van der Waals surface area contributed by atoms with Crippen LogP contribution in [0.5, 0.6) is 5.75 Å². The molecular weight excluding hydrogens is 436 g/mol. The molecule has 7 heteroatoms. The molecule has 4 rings (SSSR count). The van der Waals surface area contributed by atoms with E-state index >= 15 is 0 Å². The SMILES string of the molecule is Cc1cc(C(O)C2(c3cccc(-c4cccnc4)c3)SCCCS2)ccc1OC(F)F. The van der Waals surface area contributed by atoms with Gasteiger partial charge in [-0.25, -0.2) is 0 Å². The fraction of sp³-hybridized carbons (Fsp3) is 0.292. The molecule has 1 aromatic heterocycles. The van der Waals surface area contributed by atoms with Crippen LogP contribution in [0, 0.1) is 6.92 Å². The number of halogens is 2.